The lowest BCUT2D eigenvalue weighted by atomic mass is 9.47. The predicted octanol–water partition coefficient (Wildman–Crippen LogP) is 4.67. The molecule has 0 saturated heterocycles. The minimum atomic E-state index is -0.304. The van der Waals surface area contributed by atoms with E-state index in [9.17, 15) is 9.90 Å². The Morgan fingerprint density at radius 1 is 1.22 bits per heavy atom. The Hall–Kier alpha value is -1.03. The molecule has 0 unspecified atom stereocenters. The molecule has 0 aromatic heterocycles. The summed E-state index contributed by atoms with van der Waals surface area (Å²) >= 11 is 0. The molecule has 1 amide bonds. The summed E-state index contributed by atoms with van der Waals surface area (Å²) in [6, 6.07) is 0. The van der Waals surface area contributed by atoms with Crippen LogP contribution in [0.4, 0.5) is 4.79 Å². The maximum Gasteiger partial charge on any atom is 0.407 e. The number of carbonyl (C=O) groups is 1. The van der Waals surface area contributed by atoms with Crippen LogP contribution in [0.1, 0.15) is 72.1 Å². The van der Waals surface area contributed by atoms with Gasteiger partial charge in [0.15, 0.2) is 0 Å². The van der Waals surface area contributed by atoms with Crippen LogP contribution in [-0.4, -0.2) is 30.5 Å². The largest absolute Gasteiger partial charge is 0.446 e. The normalized spacial score (nSPS) is 47.1. The van der Waals surface area contributed by atoms with Crippen LogP contribution in [0.2, 0.25) is 0 Å². The molecule has 0 aromatic carbocycles. The van der Waals surface area contributed by atoms with Gasteiger partial charge in [-0.05, 0) is 86.9 Å². The fourth-order valence-corrected chi connectivity index (χ4v) is 7.76. The molecule has 0 radical (unpaired) electrons. The third-order valence-corrected chi connectivity index (χ3v) is 9.21. The van der Waals surface area contributed by atoms with Crippen molar-refractivity contribution < 1.29 is 14.6 Å². The van der Waals surface area contributed by atoms with Gasteiger partial charge in [-0.1, -0.05) is 25.5 Å². The summed E-state index contributed by atoms with van der Waals surface area (Å²) in [4.78, 5) is 11.7. The van der Waals surface area contributed by atoms with E-state index in [1.807, 2.05) is 0 Å². The highest BCUT2D eigenvalue weighted by atomic mass is 16.6. The summed E-state index contributed by atoms with van der Waals surface area (Å²) in [5, 5.41) is 12.7. The fourth-order valence-electron chi connectivity index (χ4n) is 7.76. The molecule has 0 heterocycles. The van der Waals surface area contributed by atoms with Crippen molar-refractivity contribution in [3.63, 3.8) is 0 Å². The van der Waals surface area contributed by atoms with Crippen molar-refractivity contribution in [1.29, 1.82) is 0 Å². The first-order valence-electron chi connectivity index (χ1n) is 11.1. The van der Waals surface area contributed by atoms with Gasteiger partial charge in [0.2, 0.25) is 0 Å². The lowest BCUT2D eigenvalue weighted by Gasteiger charge is -2.58. The number of hydrogen-bond donors (Lipinski definition) is 2. The zero-order valence-electron chi connectivity index (χ0n) is 17.5. The summed E-state index contributed by atoms with van der Waals surface area (Å²) in [5.74, 6) is 2.72. The lowest BCUT2D eigenvalue weighted by Crippen LogP contribution is -2.51. The van der Waals surface area contributed by atoms with Crippen molar-refractivity contribution in [2.45, 2.75) is 84.3 Å². The van der Waals surface area contributed by atoms with Crippen LogP contribution in [0.25, 0.3) is 0 Å². The quantitative estimate of drug-likeness (QED) is 0.690. The number of aliphatic hydroxyl groups excluding tert-OH is 1. The first kappa shape index (κ1) is 19.3. The molecule has 4 aliphatic rings. The van der Waals surface area contributed by atoms with E-state index < -0.39 is 0 Å². The van der Waals surface area contributed by atoms with Gasteiger partial charge in [-0.25, -0.2) is 4.79 Å². The molecular formula is C23H37NO3. The second kappa shape index (κ2) is 6.79. The van der Waals surface area contributed by atoms with E-state index in [1.54, 1.807) is 7.05 Å². The molecule has 0 aromatic rings. The predicted molar refractivity (Wildman–Crippen MR) is 106 cm³/mol. The zero-order valence-corrected chi connectivity index (χ0v) is 17.5. The number of carbonyl (C=O) groups excluding carboxylic acids is 1. The minimum Gasteiger partial charge on any atom is -0.446 e. The number of ether oxygens (including phenoxy) is 1. The first-order chi connectivity index (χ1) is 12.8. The van der Waals surface area contributed by atoms with Gasteiger partial charge in [0, 0.05) is 13.0 Å². The van der Waals surface area contributed by atoms with Crippen molar-refractivity contribution in [2.75, 3.05) is 7.05 Å². The average molecular weight is 376 g/mol. The molecule has 0 spiro atoms. The SMILES string of the molecule is CNC(=O)O[C@@H](C)[C@H]1CC[C@H]2[C@@H]3CC=C4C[C@@H](O)CC[C@]4(C)[C@H]3CC[C@]12C. The van der Waals surface area contributed by atoms with E-state index in [0.717, 1.165) is 37.0 Å². The standard InChI is InChI=1S/C23H37NO3/c1-14(27-21(26)24-4)18-7-8-19-17-6-5-15-13-16(25)9-11-22(15,2)20(17)10-12-23(18,19)3/h5,14,16-20,25H,6-13H2,1-4H3,(H,24,26)/t14-,16-,17-,18+,19-,20-,22-,23+/m0/s1. The van der Waals surface area contributed by atoms with Crippen molar-refractivity contribution in [3.8, 4) is 0 Å². The summed E-state index contributed by atoms with van der Waals surface area (Å²) in [5.41, 5.74) is 2.12. The van der Waals surface area contributed by atoms with Gasteiger partial charge in [-0.15, -0.1) is 0 Å². The van der Waals surface area contributed by atoms with E-state index in [4.69, 9.17) is 4.74 Å². The molecule has 152 valence electrons. The highest BCUT2D eigenvalue weighted by Crippen LogP contribution is 2.66. The second-order valence-corrected chi connectivity index (χ2v) is 10.2. The summed E-state index contributed by atoms with van der Waals surface area (Å²) in [6.07, 6.45) is 11.2. The molecule has 4 nitrogen and oxygen atoms in total. The molecule has 4 rings (SSSR count). The molecule has 2 N–H and O–H groups in total. The Morgan fingerprint density at radius 2 is 2.00 bits per heavy atom. The maximum atomic E-state index is 11.7. The number of amides is 1. The first-order valence-corrected chi connectivity index (χ1v) is 11.1. The van der Waals surface area contributed by atoms with Crippen molar-refractivity contribution in [1.82, 2.24) is 5.32 Å². The third kappa shape index (κ3) is 2.94. The van der Waals surface area contributed by atoms with Crippen molar-refractivity contribution in [2.24, 2.45) is 34.5 Å². The second-order valence-electron chi connectivity index (χ2n) is 10.2. The van der Waals surface area contributed by atoms with E-state index in [1.165, 1.54) is 37.7 Å². The summed E-state index contributed by atoms with van der Waals surface area (Å²) in [7, 11) is 1.63. The summed E-state index contributed by atoms with van der Waals surface area (Å²) in [6.45, 7) is 7.04. The van der Waals surface area contributed by atoms with Gasteiger partial charge in [-0.2, -0.15) is 0 Å². The highest BCUT2D eigenvalue weighted by Gasteiger charge is 2.59. The van der Waals surface area contributed by atoms with E-state index >= 15 is 0 Å². The molecule has 3 fully saturated rings. The van der Waals surface area contributed by atoms with Gasteiger partial charge in [0.1, 0.15) is 6.10 Å². The molecule has 4 aliphatic carbocycles. The third-order valence-electron chi connectivity index (χ3n) is 9.21. The molecule has 0 aliphatic heterocycles. The number of fused-ring (bicyclic) bond motifs is 5. The zero-order chi connectivity index (χ0) is 19.4. The fraction of sp³-hybridized carbons (Fsp3) is 0.870. The molecule has 8 atom stereocenters. The van der Waals surface area contributed by atoms with Crippen LogP contribution in [0, 0.1) is 34.5 Å². The van der Waals surface area contributed by atoms with E-state index in [0.29, 0.717) is 11.3 Å². The van der Waals surface area contributed by atoms with Crippen molar-refractivity contribution >= 4 is 6.09 Å². The minimum absolute atomic E-state index is 0.0217. The van der Waals surface area contributed by atoms with Crippen LogP contribution >= 0.6 is 0 Å². The molecule has 4 heteroatoms. The van der Waals surface area contributed by atoms with E-state index in [-0.39, 0.29) is 23.7 Å². The topological polar surface area (TPSA) is 58.6 Å². The van der Waals surface area contributed by atoms with Gasteiger partial charge in [0.05, 0.1) is 6.10 Å². The number of hydrogen-bond acceptors (Lipinski definition) is 3. The number of aliphatic hydroxyl groups is 1. The maximum absolute atomic E-state index is 11.7. The number of nitrogens with one attached hydrogen (secondary N) is 1. The summed E-state index contributed by atoms with van der Waals surface area (Å²) < 4.78 is 5.66. The van der Waals surface area contributed by atoms with Crippen LogP contribution in [0.15, 0.2) is 11.6 Å². The molecule has 27 heavy (non-hydrogen) atoms. The van der Waals surface area contributed by atoms with Crippen LogP contribution < -0.4 is 5.32 Å². The number of rotatable bonds is 2. The molecule has 3 saturated carbocycles. The molecule has 0 bridgehead atoms. The Morgan fingerprint density at radius 3 is 2.74 bits per heavy atom. The Balaban J connectivity index is 1.56. The van der Waals surface area contributed by atoms with Crippen LogP contribution in [0.3, 0.4) is 0 Å². The van der Waals surface area contributed by atoms with Crippen molar-refractivity contribution in [3.05, 3.63) is 11.6 Å². The molecular weight excluding hydrogens is 338 g/mol. The number of allylic oxidation sites excluding steroid dienone is 1. The Kier molecular flexibility index (Phi) is 4.85. The smallest absolute Gasteiger partial charge is 0.407 e. The van der Waals surface area contributed by atoms with Gasteiger partial charge >= 0.3 is 6.09 Å². The van der Waals surface area contributed by atoms with E-state index in [2.05, 4.69) is 32.2 Å². The monoisotopic (exact) mass is 375 g/mol. The average Bonchev–Trinajstić information content (AvgIpc) is 2.99. The van der Waals surface area contributed by atoms with Crippen LogP contribution in [0.5, 0.6) is 0 Å². The highest BCUT2D eigenvalue weighted by molar-refractivity contribution is 5.66. The Bertz CT molecular complexity index is 631. The Labute approximate surface area is 164 Å². The van der Waals surface area contributed by atoms with Gasteiger partial charge < -0.3 is 15.2 Å². The lowest BCUT2D eigenvalue weighted by molar-refractivity contribution is -0.0690. The van der Waals surface area contributed by atoms with Gasteiger partial charge in [-0.3, -0.25) is 0 Å². The van der Waals surface area contributed by atoms with Gasteiger partial charge in [0.25, 0.3) is 0 Å². The number of alkyl carbamates (subject to hydrolysis) is 1. The van der Waals surface area contributed by atoms with Crippen LogP contribution in [-0.2, 0) is 4.74 Å².